The van der Waals surface area contributed by atoms with E-state index in [4.69, 9.17) is 5.11 Å². The number of carbonyl (C=O) groups excluding carboxylic acids is 1. The number of nitrogens with one attached hydrogen (secondary N) is 2. The van der Waals surface area contributed by atoms with E-state index in [0.717, 1.165) is 49.6 Å². The fourth-order valence-corrected chi connectivity index (χ4v) is 3.41. The van der Waals surface area contributed by atoms with Gasteiger partial charge in [-0.05, 0) is 45.2 Å². The highest BCUT2D eigenvalue weighted by Crippen LogP contribution is 2.19. The van der Waals surface area contributed by atoms with Gasteiger partial charge in [-0.1, -0.05) is 6.92 Å². The van der Waals surface area contributed by atoms with Crippen LogP contribution in [-0.4, -0.2) is 53.3 Å². The van der Waals surface area contributed by atoms with E-state index < -0.39 is 0 Å². The van der Waals surface area contributed by atoms with Crippen LogP contribution >= 0.6 is 11.3 Å². The van der Waals surface area contributed by atoms with Crippen molar-refractivity contribution in [1.82, 2.24) is 20.5 Å². The van der Waals surface area contributed by atoms with Gasteiger partial charge in [0.05, 0.1) is 23.4 Å². The molecular weight excluding hydrogens is 312 g/mol. The van der Waals surface area contributed by atoms with Crippen molar-refractivity contribution in [3.63, 3.8) is 0 Å². The van der Waals surface area contributed by atoms with Gasteiger partial charge in [-0.25, -0.2) is 9.78 Å². The van der Waals surface area contributed by atoms with Crippen LogP contribution < -0.4 is 10.6 Å². The molecule has 23 heavy (non-hydrogen) atoms. The Morgan fingerprint density at radius 3 is 2.83 bits per heavy atom. The molecule has 1 aliphatic rings. The number of amides is 2. The average Bonchev–Trinajstić information content (AvgIpc) is 2.97. The minimum atomic E-state index is -0.175. The molecule has 6 nitrogen and oxygen atoms in total. The summed E-state index contributed by atoms with van der Waals surface area (Å²) in [5.74, 6) is 0.531. The molecule has 1 fully saturated rings. The summed E-state index contributed by atoms with van der Waals surface area (Å²) in [6, 6.07) is -0.329. The van der Waals surface area contributed by atoms with Crippen LogP contribution in [0.5, 0.6) is 0 Å². The lowest BCUT2D eigenvalue weighted by Crippen LogP contribution is -2.46. The molecule has 1 aliphatic heterocycles. The summed E-state index contributed by atoms with van der Waals surface area (Å²) in [6.07, 6.45) is 2.93. The van der Waals surface area contributed by atoms with E-state index in [1.54, 1.807) is 11.3 Å². The van der Waals surface area contributed by atoms with E-state index in [1.165, 1.54) is 0 Å². The van der Waals surface area contributed by atoms with Crippen LogP contribution in [0.4, 0.5) is 4.79 Å². The van der Waals surface area contributed by atoms with Gasteiger partial charge in [0.1, 0.15) is 0 Å². The molecular formula is C16H28N4O2S. The SMILES string of the molecule is CCC(CO)NC(=O)NCC1CCN(Cc2csc(C)n2)CC1. The number of thiazole rings is 1. The van der Waals surface area contributed by atoms with Crippen molar-refractivity contribution in [2.24, 2.45) is 5.92 Å². The Labute approximate surface area is 142 Å². The van der Waals surface area contributed by atoms with Gasteiger partial charge in [0, 0.05) is 18.5 Å². The monoisotopic (exact) mass is 340 g/mol. The topological polar surface area (TPSA) is 77.5 Å². The van der Waals surface area contributed by atoms with Crippen molar-refractivity contribution >= 4 is 17.4 Å². The predicted molar refractivity (Wildman–Crippen MR) is 92.6 cm³/mol. The van der Waals surface area contributed by atoms with Crippen LogP contribution in [0.25, 0.3) is 0 Å². The summed E-state index contributed by atoms with van der Waals surface area (Å²) in [6.45, 7) is 7.71. The first kappa shape index (κ1) is 18.2. The van der Waals surface area contributed by atoms with Gasteiger partial charge in [-0.15, -0.1) is 11.3 Å². The normalized spacial score (nSPS) is 17.9. The molecule has 0 aromatic carbocycles. The third-order valence-electron chi connectivity index (χ3n) is 4.36. The quantitative estimate of drug-likeness (QED) is 0.706. The number of aryl methyl sites for hydroxylation is 1. The third kappa shape index (κ3) is 6.08. The highest BCUT2D eigenvalue weighted by molar-refractivity contribution is 7.09. The number of piperidine rings is 1. The second-order valence-corrected chi connectivity index (χ2v) is 7.28. The summed E-state index contributed by atoms with van der Waals surface area (Å²) in [7, 11) is 0. The summed E-state index contributed by atoms with van der Waals surface area (Å²) in [5.41, 5.74) is 1.16. The molecule has 0 aliphatic carbocycles. The zero-order valence-corrected chi connectivity index (χ0v) is 14.9. The van der Waals surface area contributed by atoms with Crippen molar-refractivity contribution in [3.8, 4) is 0 Å². The Kier molecular flexibility index (Phi) is 7.26. The van der Waals surface area contributed by atoms with Crippen molar-refractivity contribution in [3.05, 3.63) is 16.1 Å². The number of hydrogen-bond acceptors (Lipinski definition) is 5. The van der Waals surface area contributed by atoms with E-state index in [9.17, 15) is 4.79 Å². The largest absolute Gasteiger partial charge is 0.394 e. The summed E-state index contributed by atoms with van der Waals surface area (Å²) in [4.78, 5) is 18.7. The maximum Gasteiger partial charge on any atom is 0.315 e. The molecule has 0 saturated carbocycles. The highest BCUT2D eigenvalue weighted by Gasteiger charge is 2.20. The van der Waals surface area contributed by atoms with E-state index >= 15 is 0 Å². The molecule has 2 amide bonds. The molecule has 1 aromatic heterocycles. The summed E-state index contributed by atoms with van der Waals surface area (Å²) in [5, 5.41) is 18.1. The van der Waals surface area contributed by atoms with Gasteiger partial charge in [0.2, 0.25) is 0 Å². The van der Waals surface area contributed by atoms with Gasteiger partial charge in [0.15, 0.2) is 0 Å². The number of aromatic nitrogens is 1. The van der Waals surface area contributed by atoms with E-state index in [-0.39, 0.29) is 18.7 Å². The van der Waals surface area contributed by atoms with E-state index in [0.29, 0.717) is 12.5 Å². The molecule has 2 rings (SSSR count). The number of carbonyl (C=O) groups is 1. The lowest BCUT2D eigenvalue weighted by Gasteiger charge is -2.31. The zero-order chi connectivity index (χ0) is 16.7. The second-order valence-electron chi connectivity index (χ2n) is 6.22. The van der Waals surface area contributed by atoms with Crippen LogP contribution in [0.15, 0.2) is 5.38 Å². The Hall–Kier alpha value is -1.18. The highest BCUT2D eigenvalue weighted by atomic mass is 32.1. The summed E-state index contributed by atoms with van der Waals surface area (Å²) >= 11 is 1.70. The Bertz CT molecular complexity index is 482. The molecule has 0 spiro atoms. The van der Waals surface area contributed by atoms with Gasteiger partial charge in [-0.2, -0.15) is 0 Å². The number of hydrogen-bond donors (Lipinski definition) is 3. The maximum absolute atomic E-state index is 11.8. The van der Waals surface area contributed by atoms with Crippen molar-refractivity contribution in [1.29, 1.82) is 0 Å². The minimum Gasteiger partial charge on any atom is -0.394 e. The standard InChI is InChI=1S/C16H28N4O2S/c1-3-14(10-21)19-16(22)17-8-13-4-6-20(7-5-13)9-15-11-23-12(2)18-15/h11,13-14,21H,3-10H2,1-2H3,(H2,17,19,22). The number of aliphatic hydroxyl groups excluding tert-OH is 1. The molecule has 1 aromatic rings. The van der Waals surface area contributed by atoms with Crippen molar-refractivity contribution in [2.45, 2.75) is 45.7 Å². The van der Waals surface area contributed by atoms with Gasteiger partial charge in [0.25, 0.3) is 0 Å². The average molecular weight is 340 g/mol. The molecule has 1 saturated heterocycles. The fourth-order valence-electron chi connectivity index (χ4n) is 2.81. The smallest absolute Gasteiger partial charge is 0.315 e. The Balaban J connectivity index is 1.63. The molecule has 3 N–H and O–H groups in total. The van der Waals surface area contributed by atoms with Crippen LogP contribution in [0.2, 0.25) is 0 Å². The first-order valence-electron chi connectivity index (χ1n) is 8.39. The minimum absolute atomic E-state index is 0.0155. The van der Waals surface area contributed by atoms with Gasteiger partial charge < -0.3 is 15.7 Å². The second kappa shape index (κ2) is 9.20. The summed E-state index contributed by atoms with van der Waals surface area (Å²) < 4.78 is 0. The van der Waals surface area contributed by atoms with Crippen molar-refractivity contribution in [2.75, 3.05) is 26.2 Å². The molecule has 0 bridgehead atoms. The molecule has 1 unspecified atom stereocenters. The lowest BCUT2D eigenvalue weighted by atomic mass is 9.97. The first-order chi connectivity index (χ1) is 11.1. The fraction of sp³-hybridized carbons (Fsp3) is 0.750. The molecule has 130 valence electrons. The number of urea groups is 1. The molecule has 7 heteroatoms. The lowest BCUT2D eigenvalue weighted by molar-refractivity contribution is 0.172. The number of nitrogens with zero attached hydrogens (tertiary/aromatic N) is 2. The number of rotatable bonds is 7. The molecule has 1 atom stereocenters. The van der Waals surface area contributed by atoms with Crippen molar-refractivity contribution < 1.29 is 9.90 Å². The van der Waals surface area contributed by atoms with Gasteiger partial charge in [-0.3, -0.25) is 4.90 Å². The van der Waals surface area contributed by atoms with Crippen LogP contribution in [0, 0.1) is 12.8 Å². The zero-order valence-electron chi connectivity index (χ0n) is 14.0. The van der Waals surface area contributed by atoms with Crippen LogP contribution in [0.1, 0.15) is 36.9 Å². The number of likely N-dealkylation sites (tertiary alicyclic amines) is 1. The predicted octanol–water partition coefficient (Wildman–Crippen LogP) is 1.73. The van der Waals surface area contributed by atoms with Crippen LogP contribution in [-0.2, 0) is 6.54 Å². The molecule has 2 heterocycles. The first-order valence-corrected chi connectivity index (χ1v) is 9.27. The third-order valence-corrected chi connectivity index (χ3v) is 5.18. The van der Waals surface area contributed by atoms with Crippen LogP contribution in [0.3, 0.4) is 0 Å². The number of aliphatic hydroxyl groups is 1. The Morgan fingerprint density at radius 1 is 1.52 bits per heavy atom. The van der Waals surface area contributed by atoms with E-state index in [2.05, 4.69) is 25.9 Å². The Morgan fingerprint density at radius 2 is 2.26 bits per heavy atom. The van der Waals surface area contributed by atoms with E-state index in [1.807, 2.05) is 13.8 Å². The van der Waals surface area contributed by atoms with Gasteiger partial charge >= 0.3 is 6.03 Å². The maximum atomic E-state index is 11.8. The molecule has 0 radical (unpaired) electrons.